The average molecular weight is 329 g/mol. The van der Waals surface area contributed by atoms with Crippen LogP contribution in [0.1, 0.15) is 48.7 Å². The summed E-state index contributed by atoms with van der Waals surface area (Å²) >= 11 is 0. The van der Waals surface area contributed by atoms with Crippen LogP contribution in [0.3, 0.4) is 0 Å². The zero-order valence-electron chi connectivity index (χ0n) is 14.0. The number of aromatic nitrogens is 2. The zero-order valence-corrected chi connectivity index (χ0v) is 14.0. The Morgan fingerprint density at radius 1 is 1.33 bits per heavy atom. The maximum atomic E-state index is 12.9. The van der Waals surface area contributed by atoms with Crippen LogP contribution in [0.15, 0.2) is 35.2 Å². The van der Waals surface area contributed by atoms with Crippen molar-refractivity contribution in [2.24, 2.45) is 0 Å². The molecule has 0 spiro atoms. The fraction of sp³-hybridized carbons (Fsp3) is 0.500. The van der Waals surface area contributed by atoms with Crippen molar-refractivity contribution in [3.8, 4) is 0 Å². The number of likely N-dealkylation sites (tertiary alicyclic amines) is 1. The van der Waals surface area contributed by atoms with E-state index in [9.17, 15) is 4.79 Å². The maximum Gasteiger partial charge on any atom is 0.227 e. The Morgan fingerprint density at radius 2 is 2.21 bits per heavy atom. The summed E-state index contributed by atoms with van der Waals surface area (Å²) in [5.74, 6) is 0.722. The molecule has 1 aliphatic heterocycles. The SMILES string of the molecule is COCc1cccc(CC(=O)N2CCCCC[C@H]2c2ncon2)c1. The number of ether oxygens (including phenoxy) is 1. The molecule has 0 N–H and O–H groups in total. The largest absolute Gasteiger partial charge is 0.380 e. The molecule has 1 aromatic carbocycles. The van der Waals surface area contributed by atoms with E-state index >= 15 is 0 Å². The highest BCUT2D eigenvalue weighted by molar-refractivity contribution is 5.79. The minimum Gasteiger partial charge on any atom is -0.380 e. The normalized spacial score (nSPS) is 18.4. The summed E-state index contributed by atoms with van der Waals surface area (Å²) in [4.78, 5) is 19.0. The molecule has 6 nitrogen and oxygen atoms in total. The van der Waals surface area contributed by atoms with Gasteiger partial charge in [-0.3, -0.25) is 4.79 Å². The Bertz CT molecular complexity index is 657. The summed E-state index contributed by atoms with van der Waals surface area (Å²) in [5, 5.41) is 3.96. The number of carbonyl (C=O) groups excluding carboxylic acids is 1. The third kappa shape index (κ3) is 4.00. The smallest absolute Gasteiger partial charge is 0.227 e. The topological polar surface area (TPSA) is 68.5 Å². The van der Waals surface area contributed by atoms with Gasteiger partial charge in [-0.05, 0) is 24.0 Å². The van der Waals surface area contributed by atoms with Gasteiger partial charge in [0, 0.05) is 13.7 Å². The van der Waals surface area contributed by atoms with E-state index in [1.54, 1.807) is 7.11 Å². The summed E-state index contributed by atoms with van der Waals surface area (Å²) in [7, 11) is 1.67. The standard InChI is InChI=1S/C18H23N3O3/c1-23-12-15-7-5-6-14(10-15)11-17(22)21-9-4-2-3-8-16(21)18-19-13-24-20-18/h5-7,10,13,16H,2-4,8-9,11-12H2,1H3/t16-/m0/s1. The van der Waals surface area contributed by atoms with Crippen LogP contribution in [-0.2, 0) is 22.6 Å². The maximum absolute atomic E-state index is 12.9. The number of methoxy groups -OCH3 is 1. The third-order valence-electron chi connectivity index (χ3n) is 4.41. The number of hydrogen-bond donors (Lipinski definition) is 0. The lowest BCUT2D eigenvalue weighted by atomic mass is 10.1. The number of rotatable bonds is 5. The lowest BCUT2D eigenvalue weighted by molar-refractivity contribution is -0.133. The first-order chi connectivity index (χ1) is 11.8. The van der Waals surface area contributed by atoms with Crippen molar-refractivity contribution < 1.29 is 14.1 Å². The second-order valence-electron chi connectivity index (χ2n) is 6.17. The molecule has 2 heterocycles. The molecule has 0 radical (unpaired) electrons. The predicted octanol–water partition coefficient (Wildman–Crippen LogP) is 2.90. The Morgan fingerprint density at radius 3 is 3.00 bits per heavy atom. The van der Waals surface area contributed by atoms with Gasteiger partial charge in [0.05, 0.1) is 19.1 Å². The minimum atomic E-state index is -0.0825. The van der Waals surface area contributed by atoms with Crippen LogP contribution in [0.25, 0.3) is 0 Å². The van der Waals surface area contributed by atoms with Crippen molar-refractivity contribution in [1.29, 1.82) is 0 Å². The molecule has 0 bridgehead atoms. The molecule has 1 fully saturated rings. The summed E-state index contributed by atoms with van der Waals surface area (Å²) in [6.07, 6.45) is 5.82. The Balaban J connectivity index is 1.75. The summed E-state index contributed by atoms with van der Waals surface area (Å²) in [6.45, 7) is 1.30. The molecule has 1 saturated heterocycles. The highest BCUT2D eigenvalue weighted by atomic mass is 16.5. The van der Waals surface area contributed by atoms with Crippen molar-refractivity contribution in [1.82, 2.24) is 15.0 Å². The van der Waals surface area contributed by atoms with Crippen molar-refractivity contribution in [3.05, 3.63) is 47.6 Å². The van der Waals surface area contributed by atoms with Crippen molar-refractivity contribution in [3.63, 3.8) is 0 Å². The van der Waals surface area contributed by atoms with Crippen LogP contribution in [0.5, 0.6) is 0 Å². The second-order valence-corrected chi connectivity index (χ2v) is 6.17. The second kappa shape index (κ2) is 8.06. The van der Waals surface area contributed by atoms with Crippen LogP contribution in [0, 0.1) is 0 Å². The predicted molar refractivity (Wildman–Crippen MR) is 88.1 cm³/mol. The highest BCUT2D eigenvalue weighted by Gasteiger charge is 2.29. The molecule has 1 aromatic heterocycles. The van der Waals surface area contributed by atoms with E-state index in [4.69, 9.17) is 9.26 Å². The number of amides is 1. The number of carbonyl (C=O) groups is 1. The van der Waals surface area contributed by atoms with Gasteiger partial charge < -0.3 is 14.2 Å². The van der Waals surface area contributed by atoms with Gasteiger partial charge in [0.25, 0.3) is 0 Å². The molecule has 6 heteroatoms. The van der Waals surface area contributed by atoms with Crippen LogP contribution >= 0.6 is 0 Å². The Labute approximate surface area is 141 Å². The quantitative estimate of drug-likeness (QED) is 0.843. The molecular formula is C18H23N3O3. The number of benzene rings is 1. The molecule has 3 rings (SSSR count). The van der Waals surface area contributed by atoms with E-state index in [0.29, 0.717) is 18.9 Å². The first-order valence-electron chi connectivity index (χ1n) is 8.40. The van der Waals surface area contributed by atoms with Gasteiger partial charge in [-0.1, -0.05) is 42.3 Å². The highest BCUT2D eigenvalue weighted by Crippen LogP contribution is 2.28. The number of nitrogens with zero attached hydrogens (tertiary/aromatic N) is 3. The van der Waals surface area contributed by atoms with E-state index in [-0.39, 0.29) is 11.9 Å². The molecule has 1 amide bonds. The number of hydrogen-bond acceptors (Lipinski definition) is 5. The van der Waals surface area contributed by atoms with Crippen molar-refractivity contribution in [2.45, 2.75) is 44.8 Å². The van der Waals surface area contributed by atoms with Gasteiger partial charge >= 0.3 is 0 Å². The van der Waals surface area contributed by atoms with Gasteiger partial charge in [-0.15, -0.1) is 0 Å². The van der Waals surface area contributed by atoms with E-state index in [2.05, 4.69) is 10.1 Å². The summed E-state index contributed by atoms with van der Waals surface area (Å²) < 4.78 is 10.0. The van der Waals surface area contributed by atoms with E-state index in [1.165, 1.54) is 6.39 Å². The van der Waals surface area contributed by atoms with Crippen molar-refractivity contribution in [2.75, 3.05) is 13.7 Å². The van der Waals surface area contributed by atoms with Crippen LogP contribution < -0.4 is 0 Å². The molecule has 0 aliphatic carbocycles. The van der Waals surface area contributed by atoms with E-state index in [1.807, 2.05) is 29.2 Å². The molecule has 24 heavy (non-hydrogen) atoms. The average Bonchev–Trinajstić information content (AvgIpc) is 2.99. The molecule has 0 saturated carbocycles. The lowest BCUT2D eigenvalue weighted by Crippen LogP contribution is -2.36. The molecular weight excluding hydrogens is 306 g/mol. The van der Waals surface area contributed by atoms with E-state index < -0.39 is 0 Å². The Hall–Kier alpha value is -2.21. The van der Waals surface area contributed by atoms with Crippen LogP contribution in [0.4, 0.5) is 0 Å². The van der Waals surface area contributed by atoms with Crippen LogP contribution in [0.2, 0.25) is 0 Å². The molecule has 1 aliphatic rings. The fourth-order valence-corrected chi connectivity index (χ4v) is 3.27. The summed E-state index contributed by atoms with van der Waals surface area (Å²) in [5.41, 5.74) is 2.08. The Kier molecular flexibility index (Phi) is 5.59. The molecule has 2 aromatic rings. The monoisotopic (exact) mass is 329 g/mol. The van der Waals surface area contributed by atoms with Gasteiger partial charge in [-0.25, -0.2) is 0 Å². The van der Waals surface area contributed by atoms with Gasteiger partial charge in [0.15, 0.2) is 5.82 Å². The van der Waals surface area contributed by atoms with Crippen LogP contribution in [-0.4, -0.2) is 34.6 Å². The van der Waals surface area contributed by atoms with Crippen molar-refractivity contribution >= 4 is 5.91 Å². The van der Waals surface area contributed by atoms with Gasteiger partial charge in [0.1, 0.15) is 0 Å². The fourth-order valence-electron chi connectivity index (χ4n) is 3.27. The molecule has 128 valence electrons. The first-order valence-corrected chi connectivity index (χ1v) is 8.40. The minimum absolute atomic E-state index is 0.0825. The lowest BCUT2D eigenvalue weighted by Gasteiger charge is -2.28. The molecule has 1 atom stereocenters. The summed E-state index contributed by atoms with van der Waals surface area (Å²) in [6, 6.07) is 7.91. The first kappa shape index (κ1) is 16.6. The van der Waals surface area contributed by atoms with Gasteiger partial charge in [-0.2, -0.15) is 4.98 Å². The molecule has 0 unspecified atom stereocenters. The zero-order chi connectivity index (χ0) is 16.8. The van der Waals surface area contributed by atoms with E-state index in [0.717, 1.165) is 43.4 Å². The third-order valence-corrected chi connectivity index (χ3v) is 4.41. The van der Waals surface area contributed by atoms with Gasteiger partial charge in [0.2, 0.25) is 12.3 Å².